The SMILES string of the molecule is Cc1ccc(C(C)Nc2nc(N)c(Cl)cc2Cl)s1. The fourth-order valence-corrected chi connectivity index (χ4v) is 2.84. The molecule has 2 rings (SSSR count). The highest BCUT2D eigenvalue weighted by atomic mass is 35.5. The fourth-order valence-electron chi connectivity index (χ4n) is 1.54. The van der Waals surface area contributed by atoms with Gasteiger partial charge >= 0.3 is 0 Å². The number of thiophene rings is 1. The molecular formula is C12H13Cl2N3S. The maximum atomic E-state index is 6.08. The summed E-state index contributed by atoms with van der Waals surface area (Å²) in [6.45, 7) is 4.13. The van der Waals surface area contributed by atoms with Crippen LogP contribution in [0.3, 0.4) is 0 Å². The van der Waals surface area contributed by atoms with Gasteiger partial charge in [-0.25, -0.2) is 4.98 Å². The van der Waals surface area contributed by atoms with Gasteiger partial charge < -0.3 is 11.1 Å². The number of nitrogen functional groups attached to an aromatic ring is 1. The molecular weight excluding hydrogens is 289 g/mol. The van der Waals surface area contributed by atoms with E-state index in [9.17, 15) is 0 Å². The van der Waals surface area contributed by atoms with Crippen LogP contribution in [0.2, 0.25) is 10.0 Å². The second-order valence-corrected chi connectivity index (χ2v) is 6.13. The molecule has 0 aromatic carbocycles. The molecule has 2 aromatic heterocycles. The zero-order valence-corrected chi connectivity index (χ0v) is 12.3. The van der Waals surface area contributed by atoms with Gasteiger partial charge in [0.05, 0.1) is 16.1 Å². The molecule has 3 N–H and O–H groups in total. The number of aromatic nitrogens is 1. The summed E-state index contributed by atoms with van der Waals surface area (Å²) < 4.78 is 0. The minimum atomic E-state index is 0.120. The van der Waals surface area contributed by atoms with E-state index >= 15 is 0 Å². The Hall–Kier alpha value is -0.970. The average molecular weight is 302 g/mol. The number of anilines is 2. The molecule has 96 valence electrons. The van der Waals surface area contributed by atoms with E-state index in [2.05, 4.69) is 29.4 Å². The van der Waals surface area contributed by atoms with Gasteiger partial charge in [-0.05, 0) is 32.0 Å². The smallest absolute Gasteiger partial charge is 0.147 e. The predicted molar refractivity (Wildman–Crippen MR) is 79.8 cm³/mol. The van der Waals surface area contributed by atoms with E-state index in [0.717, 1.165) is 0 Å². The van der Waals surface area contributed by atoms with Crippen LogP contribution in [0, 0.1) is 6.92 Å². The van der Waals surface area contributed by atoms with Gasteiger partial charge in [0, 0.05) is 9.75 Å². The number of pyridine rings is 1. The van der Waals surface area contributed by atoms with E-state index in [4.69, 9.17) is 28.9 Å². The normalized spacial score (nSPS) is 12.4. The molecule has 0 radical (unpaired) electrons. The summed E-state index contributed by atoms with van der Waals surface area (Å²) in [6.07, 6.45) is 0. The first kappa shape index (κ1) is 13.5. The molecule has 18 heavy (non-hydrogen) atoms. The van der Waals surface area contributed by atoms with Crippen LogP contribution in [0.1, 0.15) is 22.7 Å². The minimum Gasteiger partial charge on any atom is -0.382 e. The molecule has 0 spiro atoms. The third-order valence-corrected chi connectivity index (χ3v) is 4.27. The van der Waals surface area contributed by atoms with Crippen LogP contribution in [0.4, 0.5) is 11.6 Å². The summed E-state index contributed by atoms with van der Waals surface area (Å²) >= 11 is 13.7. The number of hydrogen-bond donors (Lipinski definition) is 2. The van der Waals surface area contributed by atoms with Crippen molar-refractivity contribution >= 4 is 46.2 Å². The van der Waals surface area contributed by atoms with Crippen molar-refractivity contribution in [3.05, 3.63) is 38.0 Å². The number of nitrogens with two attached hydrogens (primary N) is 1. The second kappa shape index (κ2) is 5.34. The highest BCUT2D eigenvalue weighted by Crippen LogP contribution is 2.31. The molecule has 0 aliphatic carbocycles. The Morgan fingerprint density at radius 3 is 2.67 bits per heavy atom. The van der Waals surface area contributed by atoms with Gasteiger partial charge in [-0.2, -0.15) is 0 Å². The molecule has 0 saturated carbocycles. The Morgan fingerprint density at radius 1 is 1.33 bits per heavy atom. The maximum Gasteiger partial charge on any atom is 0.147 e. The number of hydrogen-bond acceptors (Lipinski definition) is 4. The molecule has 6 heteroatoms. The zero-order chi connectivity index (χ0) is 13.3. The third-order valence-electron chi connectivity index (χ3n) is 2.50. The summed E-state index contributed by atoms with van der Waals surface area (Å²) in [5.74, 6) is 0.829. The highest BCUT2D eigenvalue weighted by Gasteiger charge is 2.12. The van der Waals surface area contributed by atoms with Gasteiger partial charge in [-0.1, -0.05) is 23.2 Å². The maximum absolute atomic E-state index is 6.08. The second-order valence-electron chi connectivity index (χ2n) is 4.00. The van der Waals surface area contributed by atoms with E-state index in [1.165, 1.54) is 9.75 Å². The predicted octanol–water partition coefficient (Wildman–Crippen LogP) is 4.51. The van der Waals surface area contributed by atoms with Crippen molar-refractivity contribution in [3.63, 3.8) is 0 Å². The van der Waals surface area contributed by atoms with Crippen LogP contribution in [-0.2, 0) is 0 Å². The minimum absolute atomic E-state index is 0.120. The highest BCUT2D eigenvalue weighted by molar-refractivity contribution is 7.12. The summed E-state index contributed by atoms with van der Waals surface area (Å²) in [4.78, 5) is 6.64. The Balaban J connectivity index is 2.21. The Morgan fingerprint density at radius 2 is 2.06 bits per heavy atom. The summed E-state index contributed by atoms with van der Waals surface area (Å²) in [5.41, 5.74) is 5.67. The number of rotatable bonds is 3. The molecule has 0 amide bonds. The first-order valence-electron chi connectivity index (χ1n) is 5.41. The van der Waals surface area contributed by atoms with Crippen LogP contribution in [-0.4, -0.2) is 4.98 Å². The molecule has 0 aliphatic rings. The van der Waals surface area contributed by atoms with E-state index in [0.29, 0.717) is 15.9 Å². The van der Waals surface area contributed by atoms with Crippen LogP contribution in [0.5, 0.6) is 0 Å². The third kappa shape index (κ3) is 2.88. The molecule has 1 unspecified atom stereocenters. The first-order chi connectivity index (χ1) is 8.47. The summed E-state index contributed by atoms with van der Waals surface area (Å²) in [7, 11) is 0. The topological polar surface area (TPSA) is 50.9 Å². The van der Waals surface area contributed by atoms with Crippen molar-refractivity contribution in [1.82, 2.24) is 4.98 Å². The molecule has 0 fully saturated rings. The number of nitrogens with one attached hydrogen (secondary N) is 1. The van der Waals surface area contributed by atoms with E-state index in [-0.39, 0.29) is 11.9 Å². The zero-order valence-electron chi connectivity index (χ0n) is 10.00. The molecule has 3 nitrogen and oxygen atoms in total. The molecule has 0 bridgehead atoms. The molecule has 0 aliphatic heterocycles. The van der Waals surface area contributed by atoms with E-state index in [1.807, 2.05) is 6.92 Å². The Kier molecular flexibility index (Phi) is 4.00. The van der Waals surface area contributed by atoms with Crippen LogP contribution < -0.4 is 11.1 Å². The quantitative estimate of drug-likeness (QED) is 0.876. The summed E-state index contributed by atoms with van der Waals surface area (Å²) in [5, 5.41) is 4.07. The Bertz CT molecular complexity index is 568. The molecule has 1 atom stereocenters. The average Bonchev–Trinajstić information content (AvgIpc) is 2.73. The van der Waals surface area contributed by atoms with Crippen molar-refractivity contribution < 1.29 is 0 Å². The van der Waals surface area contributed by atoms with Crippen LogP contribution in [0.25, 0.3) is 0 Å². The van der Waals surface area contributed by atoms with Crippen molar-refractivity contribution in [3.8, 4) is 0 Å². The number of aryl methyl sites for hydroxylation is 1. The van der Waals surface area contributed by atoms with Crippen molar-refractivity contribution in [2.45, 2.75) is 19.9 Å². The van der Waals surface area contributed by atoms with Gasteiger partial charge in [0.2, 0.25) is 0 Å². The lowest BCUT2D eigenvalue weighted by Gasteiger charge is -2.14. The monoisotopic (exact) mass is 301 g/mol. The first-order valence-corrected chi connectivity index (χ1v) is 6.99. The molecule has 2 aromatic rings. The summed E-state index contributed by atoms with van der Waals surface area (Å²) in [6, 6.07) is 5.89. The van der Waals surface area contributed by atoms with Gasteiger partial charge in [0.25, 0.3) is 0 Å². The van der Waals surface area contributed by atoms with Crippen LogP contribution >= 0.6 is 34.5 Å². The van der Waals surface area contributed by atoms with E-state index < -0.39 is 0 Å². The van der Waals surface area contributed by atoms with Crippen molar-refractivity contribution in [1.29, 1.82) is 0 Å². The van der Waals surface area contributed by atoms with Gasteiger partial charge in [0.15, 0.2) is 0 Å². The van der Waals surface area contributed by atoms with Crippen molar-refractivity contribution in [2.24, 2.45) is 0 Å². The number of halogens is 2. The lowest BCUT2D eigenvalue weighted by molar-refractivity contribution is 0.897. The molecule has 2 heterocycles. The van der Waals surface area contributed by atoms with Gasteiger partial charge in [0.1, 0.15) is 11.6 Å². The lowest BCUT2D eigenvalue weighted by atomic mass is 10.2. The van der Waals surface area contributed by atoms with Gasteiger partial charge in [-0.3, -0.25) is 0 Å². The van der Waals surface area contributed by atoms with E-state index in [1.54, 1.807) is 17.4 Å². The molecule has 0 saturated heterocycles. The number of nitrogens with zero attached hydrogens (tertiary/aromatic N) is 1. The Labute approximate surface area is 120 Å². The van der Waals surface area contributed by atoms with Crippen molar-refractivity contribution in [2.75, 3.05) is 11.1 Å². The standard InChI is InChI=1S/C12H13Cl2N3S/c1-6-3-4-10(18-6)7(2)16-12-9(14)5-8(13)11(15)17-12/h3-5,7H,1-2H3,(H3,15,16,17). The largest absolute Gasteiger partial charge is 0.382 e. The van der Waals surface area contributed by atoms with Crippen LogP contribution in [0.15, 0.2) is 18.2 Å². The lowest BCUT2D eigenvalue weighted by Crippen LogP contribution is -2.08. The fraction of sp³-hybridized carbons (Fsp3) is 0.250. The van der Waals surface area contributed by atoms with Gasteiger partial charge in [-0.15, -0.1) is 11.3 Å².